The van der Waals surface area contributed by atoms with Gasteiger partial charge in [0.1, 0.15) is 18.1 Å². The first-order valence-electron chi connectivity index (χ1n) is 10.3. The van der Waals surface area contributed by atoms with Crippen LogP contribution in [0.1, 0.15) is 46.0 Å². The van der Waals surface area contributed by atoms with Crippen molar-refractivity contribution in [2.24, 2.45) is 17.4 Å². The molecule has 14 nitrogen and oxygen atoms in total. The fourth-order valence-corrected chi connectivity index (χ4v) is 2.64. The summed E-state index contributed by atoms with van der Waals surface area (Å²) in [6.45, 7) is 2.52. The van der Waals surface area contributed by atoms with E-state index in [1.165, 1.54) is 0 Å². The molecule has 0 radical (unpaired) electrons. The lowest BCUT2D eigenvalue weighted by Gasteiger charge is -2.27. The van der Waals surface area contributed by atoms with Gasteiger partial charge in [0.2, 0.25) is 23.6 Å². The van der Waals surface area contributed by atoms with E-state index in [2.05, 4.69) is 16.0 Å². The first-order valence-corrected chi connectivity index (χ1v) is 10.3. The Labute approximate surface area is 190 Å². The minimum atomic E-state index is -1.56. The highest BCUT2D eigenvalue weighted by Gasteiger charge is 2.32. The van der Waals surface area contributed by atoms with E-state index >= 15 is 0 Å². The van der Waals surface area contributed by atoms with Crippen molar-refractivity contribution in [1.29, 1.82) is 0 Å². The van der Waals surface area contributed by atoms with E-state index < -0.39 is 85.1 Å². The van der Waals surface area contributed by atoms with Gasteiger partial charge in [0.25, 0.3) is 0 Å². The first-order chi connectivity index (χ1) is 15.3. The molecule has 4 amide bonds. The number of carbonyl (C=O) groups is 6. The minimum absolute atomic E-state index is 0.0371. The van der Waals surface area contributed by atoms with Crippen molar-refractivity contribution in [1.82, 2.24) is 16.0 Å². The molecular formula is C19H33N5O9. The number of aliphatic hydroxyl groups is 1. The van der Waals surface area contributed by atoms with Crippen molar-refractivity contribution in [2.45, 2.75) is 70.1 Å². The third-order valence-electron chi connectivity index (χ3n) is 4.91. The number of carboxylic acid groups (broad SMARTS) is 2. The lowest BCUT2D eigenvalue weighted by molar-refractivity contribution is -0.143. The molecule has 0 fully saturated rings. The van der Waals surface area contributed by atoms with Gasteiger partial charge in [-0.25, -0.2) is 4.79 Å². The maximum Gasteiger partial charge on any atom is 0.326 e. The van der Waals surface area contributed by atoms with Gasteiger partial charge in [-0.2, -0.15) is 0 Å². The molecule has 0 aliphatic carbocycles. The van der Waals surface area contributed by atoms with Crippen LogP contribution in [0.4, 0.5) is 0 Å². The smallest absolute Gasteiger partial charge is 0.326 e. The van der Waals surface area contributed by atoms with Crippen molar-refractivity contribution >= 4 is 35.6 Å². The van der Waals surface area contributed by atoms with E-state index in [4.69, 9.17) is 21.7 Å². The molecule has 10 N–H and O–H groups in total. The number of rotatable bonds is 16. The second-order valence-electron chi connectivity index (χ2n) is 7.56. The lowest BCUT2D eigenvalue weighted by atomic mass is 9.97. The molecule has 5 unspecified atom stereocenters. The molecule has 0 saturated heterocycles. The molecule has 0 saturated carbocycles. The molecule has 33 heavy (non-hydrogen) atoms. The van der Waals surface area contributed by atoms with Crippen LogP contribution in [0.15, 0.2) is 0 Å². The van der Waals surface area contributed by atoms with Gasteiger partial charge in [-0.05, 0) is 18.8 Å². The van der Waals surface area contributed by atoms with Gasteiger partial charge < -0.3 is 42.7 Å². The lowest BCUT2D eigenvalue weighted by Crippen LogP contribution is -2.59. The summed E-state index contributed by atoms with van der Waals surface area (Å²) in [7, 11) is 0. The van der Waals surface area contributed by atoms with Crippen molar-refractivity contribution in [3.63, 3.8) is 0 Å². The van der Waals surface area contributed by atoms with E-state index in [1.807, 2.05) is 0 Å². The highest BCUT2D eigenvalue weighted by Crippen LogP contribution is 2.09. The Kier molecular flexibility index (Phi) is 13.3. The number of hydrogen-bond donors (Lipinski definition) is 8. The molecule has 0 aliphatic heterocycles. The summed E-state index contributed by atoms with van der Waals surface area (Å²) >= 11 is 0. The molecule has 0 aliphatic rings. The van der Waals surface area contributed by atoms with Crippen LogP contribution >= 0.6 is 0 Å². The Morgan fingerprint density at radius 3 is 1.88 bits per heavy atom. The number of aliphatic hydroxyl groups excluding tert-OH is 1. The monoisotopic (exact) mass is 475 g/mol. The first kappa shape index (κ1) is 29.7. The second-order valence-corrected chi connectivity index (χ2v) is 7.56. The van der Waals surface area contributed by atoms with Gasteiger partial charge in [0.05, 0.1) is 12.6 Å². The van der Waals surface area contributed by atoms with Crippen molar-refractivity contribution < 1.29 is 44.1 Å². The van der Waals surface area contributed by atoms with E-state index in [1.54, 1.807) is 13.8 Å². The summed E-state index contributed by atoms with van der Waals surface area (Å²) in [5, 5.41) is 34.1. The number of carbonyl (C=O) groups excluding carboxylic acids is 4. The quantitative estimate of drug-likeness (QED) is 0.112. The normalized spacial score (nSPS) is 15.3. The summed E-state index contributed by atoms with van der Waals surface area (Å²) in [5.74, 6) is -6.40. The average Bonchev–Trinajstić information content (AvgIpc) is 2.75. The SMILES string of the molecule is CCC(C)C(NC(=O)C(N)CCC(N)=O)C(=O)NC(CO)C(=O)NC(CCC(=O)O)C(=O)O. The number of amides is 4. The molecule has 5 atom stereocenters. The fraction of sp³-hybridized carbons (Fsp3) is 0.684. The predicted molar refractivity (Wildman–Crippen MR) is 113 cm³/mol. The van der Waals surface area contributed by atoms with Crippen LogP contribution < -0.4 is 27.4 Å². The topological polar surface area (TPSA) is 251 Å². The third kappa shape index (κ3) is 11.2. The van der Waals surface area contributed by atoms with Crippen molar-refractivity contribution in [3.8, 4) is 0 Å². The van der Waals surface area contributed by atoms with Crippen LogP contribution in [0.2, 0.25) is 0 Å². The van der Waals surface area contributed by atoms with E-state index in [0.717, 1.165) is 0 Å². The summed E-state index contributed by atoms with van der Waals surface area (Å²) in [6, 6.07) is -5.37. The molecule has 0 rings (SSSR count). The molecule has 0 aromatic rings. The summed E-state index contributed by atoms with van der Waals surface area (Å²) in [4.78, 5) is 70.2. The minimum Gasteiger partial charge on any atom is -0.481 e. The van der Waals surface area contributed by atoms with Crippen LogP contribution in [0.25, 0.3) is 0 Å². The van der Waals surface area contributed by atoms with Crippen LogP contribution in [0.5, 0.6) is 0 Å². The van der Waals surface area contributed by atoms with E-state index in [-0.39, 0.29) is 12.8 Å². The molecular weight excluding hydrogens is 442 g/mol. The standard InChI is InChI=1S/C19H33N5O9/c1-3-9(2)15(24-16(29)10(20)4-6-13(21)26)18(31)23-12(8-25)17(30)22-11(19(32)33)5-7-14(27)28/h9-12,15,25H,3-8,20H2,1-2H3,(H2,21,26)(H,22,30)(H,23,31)(H,24,29)(H,27,28)(H,32,33). The molecule has 0 aromatic heterocycles. The number of aliphatic carboxylic acids is 2. The molecule has 0 heterocycles. The Morgan fingerprint density at radius 2 is 1.42 bits per heavy atom. The van der Waals surface area contributed by atoms with Crippen molar-refractivity contribution in [3.05, 3.63) is 0 Å². The van der Waals surface area contributed by atoms with Gasteiger partial charge in [-0.3, -0.25) is 24.0 Å². The Morgan fingerprint density at radius 1 is 0.848 bits per heavy atom. The Hall–Kier alpha value is -3.26. The van der Waals surface area contributed by atoms with Gasteiger partial charge >= 0.3 is 11.9 Å². The number of nitrogens with one attached hydrogen (secondary N) is 3. The Bertz CT molecular complexity index is 730. The highest BCUT2D eigenvalue weighted by atomic mass is 16.4. The van der Waals surface area contributed by atoms with E-state index in [9.17, 15) is 33.9 Å². The van der Waals surface area contributed by atoms with Gasteiger partial charge in [0, 0.05) is 12.8 Å². The number of primary amides is 1. The molecule has 188 valence electrons. The maximum absolute atomic E-state index is 12.8. The largest absolute Gasteiger partial charge is 0.481 e. The van der Waals surface area contributed by atoms with Gasteiger partial charge in [-0.1, -0.05) is 20.3 Å². The maximum atomic E-state index is 12.8. The van der Waals surface area contributed by atoms with Crippen molar-refractivity contribution in [2.75, 3.05) is 6.61 Å². The Balaban J connectivity index is 5.27. The van der Waals surface area contributed by atoms with Crippen LogP contribution in [0, 0.1) is 5.92 Å². The van der Waals surface area contributed by atoms with Crippen LogP contribution in [0.3, 0.4) is 0 Å². The molecule has 14 heteroatoms. The summed E-state index contributed by atoms with van der Waals surface area (Å²) in [6.07, 6.45) is -0.650. The number of hydrogen-bond acceptors (Lipinski definition) is 8. The summed E-state index contributed by atoms with van der Waals surface area (Å²) < 4.78 is 0. The molecule has 0 bridgehead atoms. The number of carboxylic acids is 2. The van der Waals surface area contributed by atoms with Crippen LogP contribution in [-0.2, 0) is 28.8 Å². The molecule has 0 spiro atoms. The zero-order chi connectivity index (χ0) is 25.7. The average molecular weight is 475 g/mol. The predicted octanol–water partition coefficient (Wildman–Crippen LogP) is -2.98. The zero-order valence-electron chi connectivity index (χ0n) is 18.6. The van der Waals surface area contributed by atoms with Gasteiger partial charge in [0.15, 0.2) is 0 Å². The summed E-state index contributed by atoms with van der Waals surface area (Å²) in [5.41, 5.74) is 10.7. The second kappa shape index (κ2) is 14.7. The van der Waals surface area contributed by atoms with Gasteiger partial charge in [-0.15, -0.1) is 0 Å². The number of nitrogens with two attached hydrogens (primary N) is 2. The van der Waals surface area contributed by atoms with Crippen LogP contribution in [-0.4, -0.2) is 81.7 Å². The molecule has 0 aromatic carbocycles. The highest BCUT2D eigenvalue weighted by molar-refractivity contribution is 5.94. The fourth-order valence-electron chi connectivity index (χ4n) is 2.64. The zero-order valence-corrected chi connectivity index (χ0v) is 18.6. The third-order valence-corrected chi connectivity index (χ3v) is 4.91. The van der Waals surface area contributed by atoms with E-state index in [0.29, 0.717) is 6.42 Å².